The molecule has 0 N–H and O–H groups in total. The minimum atomic E-state index is -1.19. The Labute approximate surface area is 115 Å². The largest absolute Gasteiger partial charge is 0.109 e. The van der Waals surface area contributed by atoms with Gasteiger partial charge in [-0.25, -0.2) is 0 Å². The molecule has 0 aromatic rings. The summed E-state index contributed by atoms with van der Waals surface area (Å²) in [5.74, 6) is 0. The van der Waals surface area contributed by atoms with Crippen LogP contribution in [0.4, 0.5) is 0 Å². The van der Waals surface area contributed by atoms with Gasteiger partial charge in [-0.2, -0.15) is 0 Å². The molecular weight excluding hydrogens is 248 g/mol. The standard InChI is InChI=1S/C16H24Si2/c1-9-7-10(2)12(8-9)16(4)14(17)13-11(3)15(16)18(13,5)6/h7H,8H2,1-6,17H3. The lowest BCUT2D eigenvalue weighted by atomic mass is 9.80. The van der Waals surface area contributed by atoms with Crippen molar-refractivity contribution in [1.82, 2.24) is 0 Å². The molecule has 0 fully saturated rings. The molecule has 4 aliphatic rings. The molecule has 2 aliphatic heterocycles. The van der Waals surface area contributed by atoms with Crippen molar-refractivity contribution in [3.8, 4) is 0 Å². The van der Waals surface area contributed by atoms with E-state index in [0.29, 0.717) is 5.41 Å². The summed E-state index contributed by atoms with van der Waals surface area (Å²) in [5.41, 5.74) is 6.81. The minimum absolute atomic E-state index is 0.333. The number of hydrogen-bond donors (Lipinski definition) is 0. The average molecular weight is 273 g/mol. The van der Waals surface area contributed by atoms with Crippen molar-refractivity contribution in [2.24, 2.45) is 5.41 Å². The first kappa shape index (κ1) is 12.4. The topological polar surface area (TPSA) is 0 Å². The second-order valence-electron chi connectivity index (χ2n) is 7.08. The highest BCUT2D eigenvalue weighted by molar-refractivity contribution is 6.97. The van der Waals surface area contributed by atoms with Crippen LogP contribution < -0.4 is 0 Å². The monoisotopic (exact) mass is 272 g/mol. The molecule has 0 nitrogen and oxygen atoms in total. The fourth-order valence-electron chi connectivity index (χ4n) is 5.19. The molecule has 0 saturated heterocycles. The fraction of sp³-hybridized carbons (Fsp3) is 0.500. The summed E-state index contributed by atoms with van der Waals surface area (Å²) in [6.07, 6.45) is 3.61. The number of rotatable bonds is 1. The van der Waals surface area contributed by atoms with Crippen molar-refractivity contribution >= 4 is 18.3 Å². The Hall–Kier alpha value is -0.606. The van der Waals surface area contributed by atoms with Gasteiger partial charge in [0.05, 0.1) is 0 Å². The first-order chi connectivity index (χ1) is 8.22. The molecule has 0 saturated carbocycles. The summed E-state index contributed by atoms with van der Waals surface area (Å²) in [6, 6.07) is 0. The molecule has 0 amide bonds. The van der Waals surface area contributed by atoms with Gasteiger partial charge in [-0.3, -0.25) is 0 Å². The molecule has 4 rings (SSSR count). The van der Waals surface area contributed by atoms with Crippen molar-refractivity contribution in [2.45, 2.75) is 47.2 Å². The maximum Gasteiger partial charge on any atom is 0.109 e. The molecule has 2 aliphatic carbocycles. The Morgan fingerprint density at radius 2 is 1.83 bits per heavy atom. The first-order valence-electron chi connectivity index (χ1n) is 7.03. The summed E-state index contributed by atoms with van der Waals surface area (Å²) in [5, 5.41) is 5.49. The minimum Gasteiger partial charge on any atom is -0.0786 e. The van der Waals surface area contributed by atoms with Crippen LogP contribution in [-0.2, 0) is 0 Å². The third-order valence-corrected chi connectivity index (χ3v) is 11.7. The zero-order chi connectivity index (χ0) is 13.5. The molecule has 0 aromatic heterocycles. The summed E-state index contributed by atoms with van der Waals surface area (Å²) >= 11 is 0. The maximum atomic E-state index is 2.55. The van der Waals surface area contributed by atoms with Crippen LogP contribution in [0.15, 0.2) is 44.0 Å². The maximum absolute atomic E-state index is 2.55. The number of fused-ring (bicyclic) bond motifs is 1. The van der Waals surface area contributed by atoms with Gasteiger partial charge < -0.3 is 0 Å². The quantitative estimate of drug-likeness (QED) is 0.642. The van der Waals surface area contributed by atoms with Crippen LogP contribution in [0.3, 0.4) is 0 Å². The highest BCUT2D eigenvalue weighted by Crippen LogP contribution is 2.65. The van der Waals surface area contributed by atoms with Gasteiger partial charge in [-0.1, -0.05) is 51.5 Å². The Morgan fingerprint density at radius 1 is 1.22 bits per heavy atom. The molecule has 2 heteroatoms. The van der Waals surface area contributed by atoms with E-state index in [2.05, 4.69) is 46.9 Å². The fourth-order valence-corrected chi connectivity index (χ4v) is 13.2. The van der Waals surface area contributed by atoms with E-state index >= 15 is 0 Å². The summed E-state index contributed by atoms with van der Waals surface area (Å²) in [6.45, 7) is 14.6. The lowest BCUT2D eigenvalue weighted by molar-refractivity contribution is 0.621. The van der Waals surface area contributed by atoms with E-state index in [1.807, 2.05) is 15.6 Å². The molecule has 0 radical (unpaired) electrons. The zero-order valence-electron chi connectivity index (χ0n) is 12.8. The molecule has 0 aromatic carbocycles. The summed E-state index contributed by atoms with van der Waals surface area (Å²) in [7, 11) is 0.0398. The number of allylic oxidation sites excluding steroid dienone is 8. The van der Waals surface area contributed by atoms with Gasteiger partial charge in [0.15, 0.2) is 0 Å². The van der Waals surface area contributed by atoms with Gasteiger partial charge >= 0.3 is 0 Å². The van der Waals surface area contributed by atoms with Crippen LogP contribution in [0.1, 0.15) is 34.1 Å². The predicted octanol–water partition coefficient (Wildman–Crippen LogP) is 3.41. The summed E-state index contributed by atoms with van der Waals surface area (Å²) in [4.78, 5) is 0. The lowest BCUT2D eigenvalue weighted by Crippen LogP contribution is -2.42. The second-order valence-corrected chi connectivity index (χ2v) is 12.3. The third-order valence-electron chi connectivity index (χ3n) is 5.62. The van der Waals surface area contributed by atoms with Gasteiger partial charge in [0, 0.05) is 15.7 Å². The van der Waals surface area contributed by atoms with E-state index in [-0.39, 0.29) is 0 Å². The van der Waals surface area contributed by atoms with E-state index < -0.39 is 8.07 Å². The molecule has 2 bridgehead atoms. The molecule has 0 spiro atoms. The molecule has 96 valence electrons. The molecule has 1 unspecified atom stereocenters. The highest BCUT2D eigenvalue weighted by Gasteiger charge is 2.59. The number of hydrogen-bond acceptors (Lipinski definition) is 0. The SMILES string of the molecule is CC1=CC(C)=C(C2(C)C([SiH3])=C3C(C)=C2[Si]3(C)C)C1. The molecule has 18 heavy (non-hydrogen) atoms. The van der Waals surface area contributed by atoms with Crippen molar-refractivity contribution in [2.75, 3.05) is 0 Å². The molecular formula is C16H24Si2. The van der Waals surface area contributed by atoms with E-state index in [4.69, 9.17) is 0 Å². The van der Waals surface area contributed by atoms with Crippen LogP contribution in [-0.4, -0.2) is 18.3 Å². The van der Waals surface area contributed by atoms with Crippen LogP contribution in [0.2, 0.25) is 13.1 Å². The Balaban J connectivity index is 2.18. The van der Waals surface area contributed by atoms with Crippen LogP contribution in [0.5, 0.6) is 0 Å². The van der Waals surface area contributed by atoms with Gasteiger partial charge in [0.25, 0.3) is 0 Å². The van der Waals surface area contributed by atoms with Crippen molar-refractivity contribution in [1.29, 1.82) is 0 Å². The highest BCUT2D eigenvalue weighted by atomic mass is 28.3. The van der Waals surface area contributed by atoms with Crippen molar-refractivity contribution in [3.05, 3.63) is 44.0 Å². The third kappa shape index (κ3) is 1.12. The summed E-state index contributed by atoms with van der Waals surface area (Å²) < 4.78 is 0. The van der Waals surface area contributed by atoms with Gasteiger partial charge in [0.1, 0.15) is 8.07 Å². The van der Waals surface area contributed by atoms with Crippen molar-refractivity contribution < 1.29 is 0 Å². The van der Waals surface area contributed by atoms with E-state index in [9.17, 15) is 0 Å². The predicted molar refractivity (Wildman–Crippen MR) is 86.3 cm³/mol. The second kappa shape index (κ2) is 3.28. The molecule has 2 heterocycles. The molecule has 1 atom stereocenters. The van der Waals surface area contributed by atoms with E-state index in [1.54, 1.807) is 22.3 Å². The average Bonchev–Trinajstić information content (AvgIpc) is 2.71. The van der Waals surface area contributed by atoms with Crippen molar-refractivity contribution in [3.63, 3.8) is 0 Å². The Morgan fingerprint density at radius 3 is 2.17 bits per heavy atom. The van der Waals surface area contributed by atoms with Crippen LogP contribution >= 0.6 is 0 Å². The van der Waals surface area contributed by atoms with Gasteiger partial charge in [-0.05, 0) is 39.7 Å². The van der Waals surface area contributed by atoms with E-state index in [1.165, 1.54) is 16.7 Å². The van der Waals surface area contributed by atoms with Crippen LogP contribution in [0, 0.1) is 5.41 Å². The van der Waals surface area contributed by atoms with Gasteiger partial charge in [-0.15, -0.1) is 0 Å². The lowest BCUT2D eigenvalue weighted by Gasteiger charge is -2.42. The van der Waals surface area contributed by atoms with Crippen LogP contribution in [0.25, 0.3) is 0 Å². The van der Waals surface area contributed by atoms with E-state index in [0.717, 1.165) is 0 Å². The van der Waals surface area contributed by atoms with Gasteiger partial charge in [0.2, 0.25) is 0 Å². The Bertz CT molecular complexity index is 597. The normalized spacial score (nSPS) is 33.6. The Kier molecular flexibility index (Phi) is 2.27. The first-order valence-corrected chi connectivity index (χ1v) is 11.0. The zero-order valence-corrected chi connectivity index (χ0v) is 15.8. The smallest absolute Gasteiger partial charge is 0.0786 e.